The molecule has 70 heavy (non-hydrogen) atoms. The summed E-state index contributed by atoms with van der Waals surface area (Å²) in [5.74, 6) is -8.14. The van der Waals surface area contributed by atoms with Crippen molar-refractivity contribution < 1.29 is 66.3 Å². The average Bonchev–Trinajstić information content (AvgIpc) is 3.29. The second-order valence-electron chi connectivity index (χ2n) is 20.9. The molecule has 396 valence electrons. The van der Waals surface area contributed by atoms with Crippen LogP contribution in [-0.2, 0) is 57.7 Å². The molecule has 2 aliphatic carbocycles. The largest absolute Gasteiger partial charge is 0.460 e. The van der Waals surface area contributed by atoms with Gasteiger partial charge in [0.2, 0.25) is 15.8 Å². The van der Waals surface area contributed by atoms with Crippen LogP contribution in [0.15, 0.2) is 47.6 Å². The van der Waals surface area contributed by atoms with Gasteiger partial charge in [0.1, 0.15) is 30.1 Å². The maximum atomic E-state index is 14.1. The van der Waals surface area contributed by atoms with Crippen molar-refractivity contribution >= 4 is 39.2 Å². The number of carbonyl (C=O) groups excluding carboxylic acids is 5. The van der Waals surface area contributed by atoms with Crippen LogP contribution in [0.4, 0.5) is 0 Å². The molecular weight excluding hydrogens is 921 g/mol. The number of aliphatic hydroxyl groups is 2. The summed E-state index contributed by atoms with van der Waals surface area (Å²) < 4.78 is 57.6. The van der Waals surface area contributed by atoms with Gasteiger partial charge >= 0.3 is 5.97 Å². The summed E-state index contributed by atoms with van der Waals surface area (Å²) in [5, 5.41) is 23.3. The number of ketones is 3. The number of likely N-dealkylation sites (N-methyl/N-ethyl adjacent to an activating group) is 1. The number of allylic oxidation sites excluding steroid dienone is 6. The average molecular weight is 1010 g/mol. The predicted molar refractivity (Wildman–Crippen MR) is 266 cm³/mol. The summed E-state index contributed by atoms with van der Waals surface area (Å²) >= 11 is 0. The molecule has 1 saturated heterocycles. The molecule has 16 nitrogen and oxygen atoms in total. The van der Waals surface area contributed by atoms with E-state index in [0.29, 0.717) is 42.7 Å². The summed E-state index contributed by atoms with van der Waals surface area (Å²) in [7, 11) is 0.564. The minimum Gasteiger partial charge on any atom is -0.460 e. The molecule has 4 aliphatic rings. The number of methoxy groups -OCH3 is 2. The number of esters is 1. The van der Waals surface area contributed by atoms with Gasteiger partial charge in [0.25, 0.3) is 11.7 Å². The van der Waals surface area contributed by atoms with Crippen LogP contribution >= 0.6 is 0 Å². The zero-order valence-electron chi connectivity index (χ0n) is 43.6. The van der Waals surface area contributed by atoms with E-state index >= 15 is 0 Å². The number of aliphatic hydroxyl groups excluding tert-OH is 1. The molecule has 2 aliphatic heterocycles. The number of hydrogen-bond acceptors (Lipinski definition) is 14. The lowest BCUT2D eigenvalue weighted by molar-refractivity contribution is -0.263. The fraction of sp³-hybridized carbons (Fsp3) is 0.755. The molecule has 0 radical (unpaired) electrons. The maximum absolute atomic E-state index is 14.1. The molecule has 1 amide bonds. The molecule has 14 atom stereocenters. The summed E-state index contributed by atoms with van der Waals surface area (Å²) in [6, 6.07) is -2.13. The molecule has 0 aromatic carbocycles. The van der Waals surface area contributed by atoms with E-state index in [0.717, 1.165) is 37.0 Å². The number of sulfonamides is 1. The van der Waals surface area contributed by atoms with Crippen LogP contribution < -0.4 is 4.72 Å². The standard InChI is InChI=1S/C53H84N2O14S/c1-32-18-15-13-12-14-16-19-33(2)47(57)49(66-10)48(58)36(5)26-34(3)43(56)30-45(35(4)27-40-23-25-44(46(28-40)65-9)67-31-39-20-17-21-39)68-52(61)38(7)55(8)51(60)50(59)53(62)37(6)22-24-41(69-53)29-42(32)54-70(11,63)64/h12-15,18,26,33-35,37-42,44-46,48-49,54,58,62H,16-17,19-25,27-31H2,1-11H3/b14-12-,15-13-,32-18-,36-26-/t33?,34?,35-,37+,38?,40+,41-,42+,44-,45?,46-,48?,49?,53+/m1/s1. The van der Waals surface area contributed by atoms with Crippen LogP contribution in [0.1, 0.15) is 132 Å². The Morgan fingerprint density at radius 1 is 0.886 bits per heavy atom. The first-order valence-electron chi connectivity index (χ1n) is 25.4. The second-order valence-corrected chi connectivity index (χ2v) is 22.7. The molecule has 0 spiro atoms. The third-order valence-corrected chi connectivity index (χ3v) is 16.0. The van der Waals surface area contributed by atoms with Crippen molar-refractivity contribution in [2.75, 3.05) is 34.1 Å². The summed E-state index contributed by atoms with van der Waals surface area (Å²) in [5.41, 5.74) is 0.983. The topological polar surface area (TPSA) is 221 Å². The number of cyclic esters (lactones) is 1. The molecule has 6 unspecified atom stereocenters. The lowest BCUT2D eigenvalue weighted by Crippen LogP contribution is -2.59. The first-order valence-corrected chi connectivity index (χ1v) is 27.3. The van der Waals surface area contributed by atoms with Crippen LogP contribution in [-0.4, -0.2) is 141 Å². The number of hydrogen-bond donors (Lipinski definition) is 3. The molecule has 4 rings (SSSR count). The normalized spacial score (nSPS) is 37.8. The molecule has 3 fully saturated rings. The molecule has 3 N–H and O–H groups in total. The highest BCUT2D eigenvalue weighted by Gasteiger charge is 2.52. The molecule has 2 bridgehead atoms. The van der Waals surface area contributed by atoms with Gasteiger partial charge in [0.05, 0.1) is 24.6 Å². The monoisotopic (exact) mass is 1000 g/mol. The minimum atomic E-state index is -3.73. The van der Waals surface area contributed by atoms with Crippen molar-refractivity contribution in [2.45, 2.75) is 186 Å². The molecule has 17 heteroatoms. The highest BCUT2D eigenvalue weighted by molar-refractivity contribution is 7.88. The van der Waals surface area contributed by atoms with E-state index in [9.17, 15) is 42.6 Å². The van der Waals surface area contributed by atoms with Crippen LogP contribution in [0.25, 0.3) is 0 Å². The van der Waals surface area contributed by atoms with Crippen molar-refractivity contribution in [3.63, 3.8) is 0 Å². The van der Waals surface area contributed by atoms with Gasteiger partial charge in [-0.2, -0.15) is 0 Å². The van der Waals surface area contributed by atoms with Gasteiger partial charge in [0.15, 0.2) is 5.78 Å². The van der Waals surface area contributed by atoms with Gasteiger partial charge in [-0.15, -0.1) is 0 Å². The van der Waals surface area contributed by atoms with Crippen molar-refractivity contribution in [1.29, 1.82) is 0 Å². The molecule has 2 heterocycles. The summed E-state index contributed by atoms with van der Waals surface area (Å²) in [6.07, 6.45) is 15.1. The van der Waals surface area contributed by atoms with Crippen LogP contribution in [0.2, 0.25) is 0 Å². The number of fused-ring (bicyclic) bond motifs is 2. The van der Waals surface area contributed by atoms with Gasteiger partial charge in [-0.25, -0.2) is 17.9 Å². The number of nitrogens with zero attached hydrogens (tertiary/aromatic N) is 1. The van der Waals surface area contributed by atoms with E-state index in [1.807, 2.05) is 13.0 Å². The van der Waals surface area contributed by atoms with Crippen LogP contribution in [0, 0.1) is 35.5 Å². The first-order chi connectivity index (χ1) is 32.9. The third-order valence-electron chi connectivity index (χ3n) is 15.3. The zero-order chi connectivity index (χ0) is 52.1. The number of amides is 1. The molecule has 0 aromatic heterocycles. The third kappa shape index (κ3) is 16.6. The Hall–Kier alpha value is -3.42. The number of ether oxygens (including phenoxy) is 5. The molecular formula is C53H84N2O14S. The minimum absolute atomic E-state index is 0.0215. The zero-order valence-corrected chi connectivity index (χ0v) is 44.4. The quantitative estimate of drug-likeness (QED) is 0.127. The summed E-state index contributed by atoms with van der Waals surface area (Å²) in [4.78, 5) is 70.8. The van der Waals surface area contributed by atoms with E-state index in [2.05, 4.69) is 4.72 Å². The van der Waals surface area contributed by atoms with Gasteiger partial charge in [-0.1, -0.05) is 76.1 Å². The predicted octanol–water partition coefficient (Wildman–Crippen LogP) is 6.13. The Morgan fingerprint density at radius 2 is 1.59 bits per heavy atom. The van der Waals surface area contributed by atoms with E-state index in [1.54, 1.807) is 72.1 Å². The van der Waals surface area contributed by atoms with Gasteiger partial charge in [-0.3, -0.25) is 19.2 Å². The van der Waals surface area contributed by atoms with E-state index in [4.69, 9.17) is 23.7 Å². The fourth-order valence-corrected chi connectivity index (χ4v) is 10.8. The molecule has 0 aromatic rings. The smallest absolute Gasteiger partial charge is 0.328 e. The summed E-state index contributed by atoms with van der Waals surface area (Å²) in [6.45, 7) is 12.4. The van der Waals surface area contributed by atoms with Crippen molar-refractivity contribution in [3.8, 4) is 0 Å². The highest BCUT2D eigenvalue weighted by Crippen LogP contribution is 2.38. The maximum Gasteiger partial charge on any atom is 0.328 e. The van der Waals surface area contributed by atoms with E-state index in [-0.39, 0.29) is 54.9 Å². The lowest BCUT2D eigenvalue weighted by atomic mass is 9.78. The fourth-order valence-electron chi connectivity index (χ4n) is 9.98. The van der Waals surface area contributed by atoms with Gasteiger partial charge in [-0.05, 0) is 115 Å². The Labute approximate surface area is 417 Å². The molecule has 2 saturated carbocycles. The SMILES string of the molecule is COC1C(=O)C(C)CC\C=C/C=C\C=C(\C)[C@@H](NS(C)(=O)=O)C[C@H]2CC[C@H](C)[C@](O)(O2)C(=O)C(=O)N(C)C(C)C(=O)OC([C@H](C)C[C@@H]2CC[C@@H](OCC3CCC3)[C@H](OC)C2)CC(=O)C(C)/C=C(/C)C1O. The Bertz CT molecular complexity index is 2030. The lowest BCUT2D eigenvalue weighted by Gasteiger charge is -2.42. The van der Waals surface area contributed by atoms with Crippen molar-refractivity contribution in [2.24, 2.45) is 35.5 Å². The Balaban J connectivity index is 1.65. The second kappa shape index (κ2) is 27.0. The van der Waals surface area contributed by atoms with Gasteiger partial charge < -0.3 is 38.8 Å². The van der Waals surface area contributed by atoms with Crippen molar-refractivity contribution in [3.05, 3.63) is 47.6 Å². The van der Waals surface area contributed by atoms with E-state index in [1.165, 1.54) is 40.3 Å². The van der Waals surface area contributed by atoms with Crippen LogP contribution in [0.3, 0.4) is 0 Å². The number of carbonyl (C=O) groups is 5. The highest BCUT2D eigenvalue weighted by atomic mass is 32.2. The van der Waals surface area contributed by atoms with Crippen molar-refractivity contribution in [1.82, 2.24) is 9.62 Å². The van der Waals surface area contributed by atoms with Crippen LogP contribution in [0.5, 0.6) is 0 Å². The van der Waals surface area contributed by atoms with E-state index < -0.39 is 87.7 Å². The Morgan fingerprint density at radius 3 is 2.21 bits per heavy atom. The number of rotatable bonds is 10. The van der Waals surface area contributed by atoms with Gasteiger partial charge in [0, 0.05) is 58.1 Å². The number of nitrogens with one attached hydrogen (secondary N) is 1. The first kappa shape index (κ1) is 59.1. The number of Topliss-reactive ketones (excluding diaryl/α,β-unsaturated/α-hetero) is 3. The Kier molecular flexibility index (Phi) is 22.8.